The number of rotatable bonds is 6. The van der Waals surface area contributed by atoms with E-state index in [9.17, 15) is 5.11 Å². The number of aromatic nitrogens is 2. The average Bonchev–Trinajstić information content (AvgIpc) is 2.64. The van der Waals surface area contributed by atoms with Crippen molar-refractivity contribution in [1.29, 1.82) is 0 Å². The van der Waals surface area contributed by atoms with E-state index < -0.39 is 5.60 Å². The minimum Gasteiger partial charge on any atom is -0.487 e. The van der Waals surface area contributed by atoms with Gasteiger partial charge in [-0.15, -0.1) is 0 Å². The number of aliphatic hydroxyl groups is 1. The molecule has 0 aromatic carbocycles. The molecule has 0 aliphatic heterocycles. The molecule has 0 bridgehead atoms. The first-order chi connectivity index (χ1) is 7.07. The lowest BCUT2D eigenvalue weighted by atomic mass is 10.1. The predicted octanol–water partition coefficient (Wildman–Crippen LogP) is 1.83. The summed E-state index contributed by atoms with van der Waals surface area (Å²) in [6.07, 6.45) is 5.26. The molecular weight excluding hydrogens is 192 g/mol. The molecule has 4 heteroatoms. The molecule has 1 aromatic rings. The first-order valence-electron chi connectivity index (χ1n) is 5.45. The number of hydrogen-bond donors (Lipinski definition) is 1. The molecule has 86 valence electrons. The Hall–Kier alpha value is -1.03. The minimum absolute atomic E-state index is 0.307. The molecule has 0 spiro atoms. The lowest BCUT2D eigenvalue weighted by Gasteiger charge is -2.20. The summed E-state index contributed by atoms with van der Waals surface area (Å²) in [4.78, 5) is 0. The topological polar surface area (TPSA) is 47.3 Å². The summed E-state index contributed by atoms with van der Waals surface area (Å²) < 4.78 is 7.30. The van der Waals surface area contributed by atoms with Gasteiger partial charge >= 0.3 is 0 Å². The Balaban J connectivity index is 2.44. The molecule has 0 saturated heterocycles. The second kappa shape index (κ2) is 5.16. The predicted molar refractivity (Wildman–Crippen MR) is 58.9 cm³/mol. The Kier molecular flexibility index (Phi) is 4.15. The van der Waals surface area contributed by atoms with Gasteiger partial charge in [0.25, 0.3) is 0 Å². The van der Waals surface area contributed by atoms with Crippen LogP contribution in [0.25, 0.3) is 0 Å². The maximum atomic E-state index is 9.74. The molecule has 1 unspecified atom stereocenters. The Morgan fingerprint density at radius 1 is 1.53 bits per heavy atom. The molecule has 1 aromatic heterocycles. The zero-order chi connectivity index (χ0) is 11.3. The van der Waals surface area contributed by atoms with Gasteiger partial charge in [-0.25, -0.2) is 0 Å². The Morgan fingerprint density at radius 2 is 2.27 bits per heavy atom. The van der Waals surface area contributed by atoms with Gasteiger partial charge in [0.2, 0.25) is 0 Å². The standard InChI is InChI=1S/C11H20N2O2/c1-4-6-13-8-10(7-12-13)15-9-11(3,14)5-2/h7-8,14H,4-6,9H2,1-3H3. The molecule has 1 rings (SSSR count). The second-order valence-electron chi connectivity index (χ2n) is 4.08. The molecule has 0 aliphatic carbocycles. The lowest BCUT2D eigenvalue weighted by Crippen LogP contribution is -2.31. The van der Waals surface area contributed by atoms with Gasteiger partial charge in [-0.3, -0.25) is 4.68 Å². The Bertz CT molecular complexity index is 295. The van der Waals surface area contributed by atoms with Crippen LogP contribution in [0.2, 0.25) is 0 Å². The van der Waals surface area contributed by atoms with Crippen LogP contribution in [0.4, 0.5) is 0 Å². The number of ether oxygens (including phenoxy) is 1. The van der Waals surface area contributed by atoms with Gasteiger partial charge in [-0.1, -0.05) is 13.8 Å². The summed E-state index contributed by atoms with van der Waals surface area (Å²) in [5.41, 5.74) is -0.757. The molecule has 1 atom stereocenters. The number of nitrogens with zero attached hydrogens (tertiary/aromatic N) is 2. The third kappa shape index (κ3) is 3.91. The molecule has 15 heavy (non-hydrogen) atoms. The van der Waals surface area contributed by atoms with Crippen molar-refractivity contribution in [3.05, 3.63) is 12.4 Å². The molecule has 0 aliphatic rings. The van der Waals surface area contributed by atoms with Crippen LogP contribution in [0.1, 0.15) is 33.6 Å². The highest BCUT2D eigenvalue weighted by Crippen LogP contribution is 2.14. The first kappa shape index (κ1) is 12.0. The normalized spacial score (nSPS) is 14.9. The fraction of sp³-hybridized carbons (Fsp3) is 0.727. The summed E-state index contributed by atoms with van der Waals surface area (Å²) in [6, 6.07) is 0. The highest BCUT2D eigenvalue weighted by atomic mass is 16.5. The fourth-order valence-corrected chi connectivity index (χ4v) is 1.11. The van der Waals surface area contributed by atoms with Gasteiger partial charge in [0, 0.05) is 6.54 Å². The van der Waals surface area contributed by atoms with E-state index in [1.165, 1.54) is 0 Å². The van der Waals surface area contributed by atoms with Crippen LogP contribution in [0.5, 0.6) is 5.75 Å². The second-order valence-corrected chi connectivity index (χ2v) is 4.08. The smallest absolute Gasteiger partial charge is 0.157 e. The van der Waals surface area contributed by atoms with Crippen molar-refractivity contribution < 1.29 is 9.84 Å². The molecule has 0 radical (unpaired) electrons. The van der Waals surface area contributed by atoms with Crippen LogP contribution < -0.4 is 4.74 Å². The van der Waals surface area contributed by atoms with Crippen molar-refractivity contribution in [2.24, 2.45) is 0 Å². The van der Waals surface area contributed by atoms with Crippen molar-refractivity contribution in [3.63, 3.8) is 0 Å². The van der Waals surface area contributed by atoms with E-state index in [0.29, 0.717) is 13.0 Å². The van der Waals surface area contributed by atoms with Gasteiger partial charge in [0.1, 0.15) is 6.61 Å². The molecule has 1 heterocycles. The molecule has 4 nitrogen and oxygen atoms in total. The van der Waals surface area contributed by atoms with Gasteiger partial charge in [0.05, 0.1) is 18.0 Å². The Labute approximate surface area is 90.9 Å². The largest absolute Gasteiger partial charge is 0.487 e. The van der Waals surface area contributed by atoms with Crippen LogP contribution in [0.3, 0.4) is 0 Å². The van der Waals surface area contributed by atoms with Gasteiger partial charge in [0.15, 0.2) is 5.75 Å². The van der Waals surface area contributed by atoms with E-state index in [1.54, 1.807) is 13.1 Å². The van der Waals surface area contributed by atoms with Crippen molar-refractivity contribution in [2.75, 3.05) is 6.61 Å². The van der Waals surface area contributed by atoms with Gasteiger partial charge < -0.3 is 9.84 Å². The van der Waals surface area contributed by atoms with Crippen molar-refractivity contribution in [2.45, 2.75) is 45.8 Å². The maximum Gasteiger partial charge on any atom is 0.157 e. The van der Waals surface area contributed by atoms with Gasteiger partial charge in [-0.05, 0) is 19.8 Å². The minimum atomic E-state index is -0.757. The summed E-state index contributed by atoms with van der Waals surface area (Å²) in [5, 5.41) is 13.9. The average molecular weight is 212 g/mol. The zero-order valence-corrected chi connectivity index (χ0v) is 9.73. The molecule has 0 saturated carbocycles. The van der Waals surface area contributed by atoms with E-state index in [1.807, 2.05) is 17.8 Å². The Morgan fingerprint density at radius 3 is 2.87 bits per heavy atom. The highest BCUT2D eigenvalue weighted by molar-refractivity contribution is 5.11. The van der Waals surface area contributed by atoms with E-state index in [4.69, 9.17) is 4.74 Å². The van der Waals surface area contributed by atoms with Crippen molar-refractivity contribution in [3.8, 4) is 5.75 Å². The quantitative estimate of drug-likeness (QED) is 0.782. The third-order valence-corrected chi connectivity index (χ3v) is 2.37. The van der Waals surface area contributed by atoms with E-state index in [0.717, 1.165) is 18.7 Å². The zero-order valence-electron chi connectivity index (χ0n) is 9.73. The van der Waals surface area contributed by atoms with E-state index in [2.05, 4.69) is 12.0 Å². The molecule has 1 N–H and O–H groups in total. The van der Waals surface area contributed by atoms with Crippen LogP contribution >= 0.6 is 0 Å². The van der Waals surface area contributed by atoms with E-state index in [-0.39, 0.29) is 0 Å². The summed E-state index contributed by atoms with van der Waals surface area (Å²) in [6.45, 7) is 7.01. The lowest BCUT2D eigenvalue weighted by molar-refractivity contribution is 0.00844. The molecular formula is C11H20N2O2. The van der Waals surface area contributed by atoms with E-state index >= 15 is 0 Å². The fourth-order valence-electron chi connectivity index (χ4n) is 1.11. The first-order valence-corrected chi connectivity index (χ1v) is 5.45. The maximum absolute atomic E-state index is 9.74. The monoisotopic (exact) mass is 212 g/mol. The van der Waals surface area contributed by atoms with Crippen molar-refractivity contribution >= 4 is 0 Å². The summed E-state index contributed by atoms with van der Waals surface area (Å²) in [7, 11) is 0. The van der Waals surface area contributed by atoms with Crippen LogP contribution in [0.15, 0.2) is 12.4 Å². The molecule has 0 fully saturated rings. The van der Waals surface area contributed by atoms with Crippen LogP contribution in [0, 0.1) is 0 Å². The van der Waals surface area contributed by atoms with Gasteiger partial charge in [-0.2, -0.15) is 5.10 Å². The third-order valence-electron chi connectivity index (χ3n) is 2.37. The van der Waals surface area contributed by atoms with Crippen LogP contribution in [-0.2, 0) is 6.54 Å². The summed E-state index contributed by atoms with van der Waals surface area (Å²) >= 11 is 0. The highest BCUT2D eigenvalue weighted by Gasteiger charge is 2.18. The van der Waals surface area contributed by atoms with Crippen LogP contribution in [-0.4, -0.2) is 27.1 Å². The number of aryl methyl sites for hydroxylation is 1. The SMILES string of the molecule is CCCn1cc(OCC(C)(O)CC)cn1. The number of hydrogen-bond acceptors (Lipinski definition) is 3. The van der Waals surface area contributed by atoms with Crippen molar-refractivity contribution in [1.82, 2.24) is 9.78 Å². The molecule has 0 amide bonds. The summed E-state index contributed by atoms with van der Waals surface area (Å²) in [5.74, 6) is 0.720.